The Morgan fingerprint density at radius 3 is 2.56 bits per heavy atom. The Balaban J connectivity index is 1.75. The van der Waals surface area contributed by atoms with E-state index in [0.29, 0.717) is 21.9 Å². The SMILES string of the molecule is CCOC(=O)C1=C(C)NC(=S)N[C@@H]1c1ccc(OCC(=O)Nc2cccc(C(F)(F)F)c2)c(OC)c1. The van der Waals surface area contributed by atoms with Crippen LogP contribution in [0.25, 0.3) is 0 Å². The van der Waals surface area contributed by atoms with Gasteiger partial charge in [-0.3, -0.25) is 4.79 Å². The van der Waals surface area contributed by atoms with E-state index in [4.69, 9.17) is 26.4 Å². The number of anilines is 1. The van der Waals surface area contributed by atoms with Crippen LogP contribution in [0.5, 0.6) is 11.5 Å². The summed E-state index contributed by atoms with van der Waals surface area (Å²) in [5.74, 6) is -0.677. The third-order valence-corrected chi connectivity index (χ3v) is 5.34. The van der Waals surface area contributed by atoms with Crippen molar-refractivity contribution < 1.29 is 37.0 Å². The number of methoxy groups -OCH3 is 1. The maximum absolute atomic E-state index is 12.9. The van der Waals surface area contributed by atoms with Crippen LogP contribution in [0.15, 0.2) is 53.7 Å². The van der Waals surface area contributed by atoms with E-state index in [1.807, 2.05) is 0 Å². The Morgan fingerprint density at radius 2 is 1.89 bits per heavy atom. The largest absolute Gasteiger partial charge is 0.493 e. The zero-order valence-electron chi connectivity index (χ0n) is 19.6. The molecule has 12 heteroatoms. The van der Waals surface area contributed by atoms with Gasteiger partial charge in [0, 0.05) is 11.4 Å². The van der Waals surface area contributed by atoms with Gasteiger partial charge in [-0.25, -0.2) is 4.79 Å². The molecule has 0 unspecified atom stereocenters. The van der Waals surface area contributed by atoms with Gasteiger partial charge in [-0.15, -0.1) is 0 Å². The highest BCUT2D eigenvalue weighted by Gasteiger charge is 2.32. The van der Waals surface area contributed by atoms with Crippen molar-refractivity contribution in [3.05, 3.63) is 64.9 Å². The normalized spacial score (nSPS) is 15.5. The minimum Gasteiger partial charge on any atom is -0.493 e. The van der Waals surface area contributed by atoms with E-state index in [1.165, 1.54) is 19.2 Å². The number of halogens is 3. The van der Waals surface area contributed by atoms with Gasteiger partial charge in [-0.1, -0.05) is 12.1 Å². The lowest BCUT2D eigenvalue weighted by Crippen LogP contribution is -2.45. The molecule has 8 nitrogen and oxygen atoms in total. The highest BCUT2D eigenvalue weighted by molar-refractivity contribution is 7.80. The van der Waals surface area contributed by atoms with Crippen molar-refractivity contribution in [1.82, 2.24) is 10.6 Å². The summed E-state index contributed by atoms with van der Waals surface area (Å²) in [4.78, 5) is 24.8. The quantitative estimate of drug-likeness (QED) is 0.352. The zero-order valence-corrected chi connectivity index (χ0v) is 20.4. The molecule has 1 amide bonds. The Hall–Kier alpha value is -3.80. The van der Waals surface area contributed by atoms with Crippen LogP contribution in [0.4, 0.5) is 18.9 Å². The van der Waals surface area contributed by atoms with E-state index in [-0.39, 0.29) is 23.8 Å². The number of ether oxygens (including phenoxy) is 3. The monoisotopic (exact) mass is 523 g/mol. The van der Waals surface area contributed by atoms with Crippen LogP contribution in [0.1, 0.15) is 31.0 Å². The highest BCUT2D eigenvalue weighted by Crippen LogP contribution is 2.35. The van der Waals surface area contributed by atoms with Gasteiger partial charge in [0.25, 0.3) is 5.91 Å². The molecule has 2 aromatic carbocycles. The van der Waals surface area contributed by atoms with E-state index in [9.17, 15) is 22.8 Å². The lowest BCUT2D eigenvalue weighted by atomic mass is 9.95. The van der Waals surface area contributed by atoms with E-state index in [0.717, 1.165) is 12.1 Å². The van der Waals surface area contributed by atoms with E-state index >= 15 is 0 Å². The van der Waals surface area contributed by atoms with Gasteiger partial charge in [-0.05, 0) is 62.0 Å². The second-order valence-corrected chi connectivity index (χ2v) is 8.02. The van der Waals surface area contributed by atoms with Crippen molar-refractivity contribution in [1.29, 1.82) is 0 Å². The van der Waals surface area contributed by atoms with Crippen molar-refractivity contribution in [2.24, 2.45) is 0 Å². The number of amides is 1. The number of rotatable bonds is 8. The minimum atomic E-state index is -4.53. The molecule has 0 aliphatic carbocycles. The molecule has 0 saturated heterocycles. The predicted molar refractivity (Wildman–Crippen MR) is 130 cm³/mol. The summed E-state index contributed by atoms with van der Waals surface area (Å²) >= 11 is 5.23. The zero-order chi connectivity index (χ0) is 26.5. The number of hydrogen-bond donors (Lipinski definition) is 3. The third-order valence-electron chi connectivity index (χ3n) is 5.12. The number of carbonyl (C=O) groups excluding carboxylic acids is 2. The van der Waals surface area contributed by atoms with Gasteiger partial charge >= 0.3 is 12.1 Å². The molecule has 0 fully saturated rings. The van der Waals surface area contributed by atoms with Gasteiger partial charge in [0.1, 0.15) is 0 Å². The van der Waals surface area contributed by atoms with Crippen molar-refractivity contribution in [3.8, 4) is 11.5 Å². The van der Waals surface area contributed by atoms with Crippen LogP contribution in [0, 0.1) is 0 Å². The summed E-state index contributed by atoms with van der Waals surface area (Å²) in [6, 6.07) is 8.50. The number of esters is 1. The third kappa shape index (κ3) is 6.45. The van der Waals surface area contributed by atoms with Crippen LogP contribution in [-0.4, -0.2) is 37.3 Å². The molecule has 0 aromatic heterocycles. The van der Waals surface area contributed by atoms with Crippen LogP contribution < -0.4 is 25.4 Å². The van der Waals surface area contributed by atoms with Gasteiger partial charge in [-0.2, -0.15) is 13.2 Å². The minimum absolute atomic E-state index is 0.0117. The number of thiocarbonyl (C=S) groups is 1. The lowest BCUT2D eigenvalue weighted by Gasteiger charge is -2.30. The number of benzene rings is 2. The molecule has 0 radical (unpaired) electrons. The maximum atomic E-state index is 12.9. The molecule has 0 bridgehead atoms. The Morgan fingerprint density at radius 1 is 1.14 bits per heavy atom. The van der Waals surface area contributed by atoms with Gasteiger partial charge in [0.15, 0.2) is 23.2 Å². The molecule has 0 spiro atoms. The maximum Gasteiger partial charge on any atom is 0.416 e. The standard InChI is InChI=1S/C24H24F3N3O5S/c1-4-34-22(32)20-13(2)28-23(36)30-21(20)14-8-9-17(18(10-14)33-3)35-12-19(31)29-16-7-5-6-15(11-16)24(25,26)27/h5-11,21H,4,12H2,1-3H3,(H,29,31)(H2,28,30,36)/t21-/m1/s1. The van der Waals surface area contributed by atoms with Crippen molar-refractivity contribution in [2.45, 2.75) is 26.1 Å². The molecule has 2 aromatic rings. The fourth-order valence-electron chi connectivity index (χ4n) is 3.52. The average molecular weight is 524 g/mol. The molecule has 1 heterocycles. The first-order chi connectivity index (χ1) is 17.0. The topological polar surface area (TPSA) is 97.9 Å². The fraction of sp³-hybridized carbons (Fsp3) is 0.292. The summed E-state index contributed by atoms with van der Waals surface area (Å²) in [5.41, 5.74) is 0.631. The molecule has 3 N–H and O–H groups in total. The highest BCUT2D eigenvalue weighted by atomic mass is 32.1. The van der Waals surface area contributed by atoms with Crippen molar-refractivity contribution in [2.75, 3.05) is 25.6 Å². The number of hydrogen-bond acceptors (Lipinski definition) is 6. The Kier molecular flexibility index (Phi) is 8.41. The van der Waals surface area contributed by atoms with Crippen molar-refractivity contribution >= 4 is 34.9 Å². The lowest BCUT2D eigenvalue weighted by molar-refractivity contribution is -0.139. The Labute approximate surface area is 210 Å². The fourth-order valence-corrected chi connectivity index (χ4v) is 3.79. The summed E-state index contributed by atoms with van der Waals surface area (Å²) in [6.07, 6.45) is -4.53. The van der Waals surface area contributed by atoms with Crippen molar-refractivity contribution in [3.63, 3.8) is 0 Å². The molecule has 1 aliphatic heterocycles. The number of alkyl halides is 3. The van der Waals surface area contributed by atoms with Gasteiger partial charge in [0.05, 0.1) is 30.9 Å². The first-order valence-corrected chi connectivity index (χ1v) is 11.2. The van der Waals surface area contributed by atoms with E-state index in [1.54, 1.807) is 32.0 Å². The second-order valence-electron chi connectivity index (χ2n) is 7.62. The van der Waals surface area contributed by atoms with E-state index in [2.05, 4.69) is 16.0 Å². The molecule has 1 atom stereocenters. The number of nitrogens with one attached hydrogen (secondary N) is 3. The van der Waals surface area contributed by atoms with Crippen LogP contribution in [0.2, 0.25) is 0 Å². The molecule has 3 rings (SSSR count). The number of allylic oxidation sites excluding steroid dienone is 1. The smallest absolute Gasteiger partial charge is 0.416 e. The van der Waals surface area contributed by atoms with E-state index < -0.39 is 36.3 Å². The van der Waals surface area contributed by atoms with Gasteiger partial charge in [0.2, 0.25) is 0 Å². The summed E-state index contributed by atoms with van der Waals surface area (Å²) in [5, 5.41) is 8.65. The predicted octanol–water partition coefficient (Wildman–Crippen LogP) is 4.09. The number of carbonyl (C=O) groups is 2. The van der Waals surface area contributed by atoms with Gasteiger partial charge < -0.3 is 30.2 Å². The molecular weight excluding hydrogens is 499 g/mol. The van der Waals surface area contributed by atoms with Crippen LogP contribution in [-0.2, 0) is 20.5 Å². The molecule has 1 aliphatic rings. The first kappa shape index (κ1) is 26.8. The molecule has 36 heavy (non-hydrogen) atoms. The summed E-state index contributed by atoms with van der Waals surface area (Å²) in [7, 11) is 1.41. The summed E-state index contributed by atoms with van der Waals surface area (Å²) < 4.78 is 54.7. The van der Waals surface area contributed by atoms with Crippen LogP contribution in [0.3, 0.4) is 0 Å². The summed E-state index contributed by atoms with van der Waals surface area (Å²) in [6.45, 7) is 3.14. The molecular formula is C24H24F3N3O5S. The molecule has 0 saturated carbocycles. The molecule has 192 valence electrons. The second kappa shape index (κ2) is 11.3. The Bertz CT molecular complexity index is 1200. The van der Waals surface area contributed by atoms with Crippen LogP contribution >= 0.6 is 12.2 Å². The average Bonchev–Trinajstić information content (AvgIpc) is 2.81. The first-order valence-electron chi connectivity index (χ1n) is 10.8.